The first-order valence-corrected chi connectivity index (χ1v) is 7.93. The molecule has 0 radical (unpaired) electrons. The first kappa shape index (κ1) is 15.0. The molecule has 1 aromatic carbocycles. The largest absolute Gasteiger partial charge is 0.243 e. The van der Waals surface area contributed by atoms with E-state index >= 15 is 0 Å². The molecule has 20 heavy (non-hydrogen) atoms. The Morgan fingerprint density at radius 1 is 1.10 bits per heavy atom. The first-order chi connectivity index (χ1) is 9.42. The van der Waals surface area contributed by atoms with Gasteiger partial charge in [0, 0.05) is 11.4 Å². The summed E-state index contributed by atoms with van der Waals surface area (Å²) in [6.07, 6.45) is 0.433. The Morgan fingerprint density at radius 2 is 1.85 bits per heavy atom. The van der Waals surface area contributed by atoms with Gasteiger partial charge in [-0.1, -0.05) is 6.07 Å². The summed E-state index contributed by atoms with van der Waals surface area (Å²) >= 11 is 1.46. The standard InChI is InChI=1S/C12H10F3NO2S2/c13-9-3-4-10(12(15)11(9)14)20(17,18)16-6-5-8-2-1-7-19-8/h1-4,7,16H,5-6H2. The maximum Gasteiger partial charge on any atom is 0.243 e. The monoisotopic (exact) mass is 321 g/mol. The number of thiophene rings is 1. The van der Waals surface area contributed by atoms with Crippen molar-refractivity contribution in [2.75, 3.05) is 6.54 Å². The van der Waals surface area contributed by atoms with Gasteiger partial charge in [-0.25, -0.2) is 26.3 Å². The fourth-order valence-corrected chi connectivity index (χ4v) is 3.36. The molecule has 0 unspecified atom stereocenters. The van der Waals surface area contributed by atoms with Gasteiger partial charge in [-0.3, -0.25) is 0 Å². The molecule has 0 fully saturated rings. The Labute approximate surface area is 118 Å². The minimum atomic E-state index is -4.21. The second-order valence-electron chi connectivity index (χ2n) is 3.90. The van der Waals surface area contributed by atoms with Gasteiger partial charge >= 0.3 is 0 Å². The molecule has 0 spiro atoms. The average Bonchev–Trinajstić information content (AvgIpc) is 2.88. The van der Waals surface area contributed by atoms with Crippen LogP contribution in [0.4, 0.5) is 13.2 Å². The number of sulfonamides is 1. The fraction of sp³-hybridized carbons (Fsp3) is 0.167. The Balaban J connectivity index is 2.12. The quantitative estimate of drug-likeness (QED) is 0.861. The van der Waals surface area contributed by atoms with E-state index < -0.39 is 32.4 Å². The Bertz CT molecular complexity index is 700. The maximum atomic E-state index is 13.4. The molecule has 2 rings (SSSR count). The van der Waals surface area contributed by atoms with Crippen LogP contribution in [0.5, 0.6) is 0 Å². The van der Waals surface area contributed by atoms with Gasteiger partial charge in [0.15, 0.2) is 17.5 Å². The Morgan fingerprint density at radius 3 is 2.50 bits per heavy atom. The molecule has 1 N–H and O–H groups in total. The van der Waals surface area contributed by atoms with Crippen LogP contribution < -0.4 is 4.72 Å². The molecule has 0 bridgehead atoms. The summed E-state index contributed by atoms with van der Waals surface area (Å²) in [4.78, 5) is 0.0565. The van der Waals surface area contributed by atoms with Crippen LogP contribution in [0.1, 0.15) is 4.88 Å². The third-order valence-electron chi connectivity index (χ3n) is 2.53. The predicted octanol–water partition coefficient (Wildman–Crippen LogP) is 2.69. The lowest BCUT2D eigenvalue weighted by atomic mass is 10.3. The Hall–Kier alpha value is -1.38. The number of benzene rings is 1. The fourth-order valence-electron chi connectivity index (χ4n) is 1.56. The number of hydrogen-bond acceptors (Lipinski definition) is 3. The van der Waals surface area contributed by atoms with Crippen molar-refractivity contribution >= 4 is 21.4 Å². The Kier molecular flexibility index (Phi) is 4.46. The molecule has 0 aliphatic carbocycles. The summed E-state index contributed by atoms with van der Waals surface area (Å²) < 4.78 is 65.0. The van der Waals surface area contributed by atoms with Crippen molar-refractivity contribution < 1.29 is 21.6 Å². The van der Waals surface area contributed by atoms with Crippen LogP contribution in [0.15, 0.2) is 34.5 Å². The average molecular weight is 321 g/mol. The summed E-state index contributed by atoms with van der Waals surface area (Å²) in [6, 6.07) is 4.92. The third kappa shape index (κ3) is 3.20. The lowest BCUT2D eigenvalue weighted by Gasteiger charge is -2.07. The van der Waals surface area contributed by atoms with Crippen LogP contribution in [0, 0.1) is 17.5 Å². The van der Waals surface area contributed by atoms with Crippen LogP contribution in [0.25, 0.3) is 0 Å². The van der Waals surface area contributed by atoms with Crippen molar-refractivity contribution in [3.63, 3.8) is 0 Å². The molecule has 3 nitrogen and oxygen atoms in total. The van der Waals surface area contributed by atoms with Gasteiger partial charge in [0.2, 0.25) is 10.0 Å². The second-order valence-corrected chi connectivity index (χ2v) is 6.67. The number of hydrogen-bond donors (Lipinski definition) is 1. The molecule has 1 heterocycles. The summed E-state index contributed by atoms with van der Waals surface area (Å²) in [6.45, 7) is 0.0429. The molecule has 0 aliphatic rings. The molecule has 8 heteroatoms. The van der Waals surface area contributed by atoms with Gasteiger partial charge < -0.3 is 0 Å². The van der Waals surface area contributed by atoms with E-state index in [0.29, 0.717) is 18.6 Å². The minimum absolute atomic E-state index is 0.0429. The lowest BCUT2D eigenvalue weighted by molar-refractivity contribution is 0.431. The smallest absolute Gasteiger partial charge is 0.211 e. The second kappa shape index (κ2) is 5.94. The van der Waals surface area contributed by atoms with E-state index in [9.17, 15) is 21.6 Å². The lowest BCUT2D eigenvalue weighted by Crippen LogP contribution is -2.27. The summed E-state index contributed by atoms with van der Waals surface area (Å²) in [5.74, 6) is -4.94. The molecule has 2 aromatic rings. The maximum absolute atomic E-state index is 13.4. The highest BCUT2D eigenvalue weighted by molar-refractivity contribution is 7.89. The molecular weight excluding hydrogens is 311 g/mol. The van der Waals surface area contributed by atoms with Gasteiger partial charge in [0.1, 0.15) is 4.90 Å². The number of halogens is 3. The summed E-state index contributed by atoms with van der Waals surface area (Å²) in [5.41, 5.74) is 0. The van der Waals surface area contributed by atoms with E-state index in [1.165, 1.54) is 11.3 Å². The van der Waals surface area contributed by atoms with Crippen LogP contribution in [-0.4, -0.2) is 15.0 Å². The van der Waals surface area contributed by atoms with Crippen molar-refractivity contribution in [2.24, 2.45) is 0 Å². The van der Waals surface area contributed by atoms with Crippen LogP contribution in [-0.2, 0) is 16.4 Å². The SMILES string of the molecule is O=S(=O)(NCCc1cccs1)c1ccc(F)c(F)c1F. The summed E-state index contributed by atoms with van der Waals surface area (Å²) in [5, 5.41) is 1.85. The molecule has 0 atom stereocenters. The van der Waals surface area contributed by atoms with Crippen molar-refractivity contribution in [1.82, 2.24) is 4.72 Å². The van der Waals surface area contributed by atoms with E-state index in [2.05, 4.69) is 4.72 Å². The van der Waals surface area contributed by atoms with Crippen molar-refractivity contribution in [3.8, 4) is 0 Å². The van der Waals surface area contributed by atoms with Crippen LogP contribution in [0.3, 0.4) is 0 Å². The highest BCUT2D eigenvalue weighted by Crippen LogP contribution is 2.19. The van der Waals surface area contributed by atoms with Crippen molar-refractivity contribution in [2.45, 2.75) is 11.3 Å². The van der Waals surface area contributed by atoms with E-state index in [1.54, 1.807) is 0 Å². The predicted molar refractivity (Wildman–Crippen MR) is 69.5 cm³/mol. The zero-order valence-corrected chi connectivity index (χ0v) is 11.7. The molecule has 0 amide bonds. The molecule has 0 saturated carbocycles. The minimum Gasteiger partial charge on any atom is -0.211 e. The molecule has 1 aromatic heterocycles. The van der Waals surface area contributed by atoms with E-state index in [4.69, 9.17) is 0 Å². The van der Waals surface area contributed by atoms with Crippen molar-refractivity contribution in [1.29, 1.82) is 0 Å². The molecule has 108 valence electrons. The third-order valence-corrected chi connectivity index (χ3v) is 4.95. The van der Waals surface area contributed by atoms with Gasteiger partial charge in [0.25, 0.3) is 0 Å². The first-order valence-electron chi connectivity index (χ1n) is 5.57. The van der Waals surface area contributed by atoms with E-state index in [1.807, 2.05) is 17.5 Å². The zero-order valence-electron chi connectivity index (χ0n) is 10.1. The highest BCUT2D eigenvalue weighted by atomic mass is 32.2. The normalized spacial score (nSPS) is 11.8. The van der Waals surface area contributed by atoms with Gasteiger partial charge in [0.05, 0.1) is 0 Å². The van der Waals surface area contributed by atoms with Gasteiger partial charge in [-0.15, -0.1) is 11.3 Å². The van der Waals surface area contributed by atoms with Crippen LogP contribution >= 0.6 is 11.3 Å². The topological polar surface area (TPSA) is 46.2 Å². The zero-order chi connectivity index (χ0) is 14.8. The highest BCUT2D eigenvalue weighted by Gasteiger charge is 2.23. The van der Waals surface area contributed by atoms with Gasteiger partial charge in [-0.2, -0.15) is 0 Å². The molecular formula is C12H10F3NO2S2. The van der Waals surface area contributed by atoms with Gasteiger partial charge in [-0.05, 0) is 30.0 Å². The number of rotatable bonds is 5. The summed E-state index contributed by atoms with van der Waals surface area (Å²) in [7, 11) is -4.21. The molecule has 0 aliphatic heterocycles. The van der Waals surface area contributed by atoms with Crippen molar-refractivity contribution in [3.05, 3.63) is 52.0 Å². The van der Waals surface area contributed by atoms with Crippen LogP contribution in [0.2, 0.25) is 0 Å². The van der Waals surface area contributed by atoms with E-state index in [-0.39, 0.29) is 6.54 Å². The number of nitrogens with one attached hydrogen (secondary N) is 1. The molecule has 0 saturated heterocycles. The van der Waals surface area contributed by atoms with E-state index in [0.717, 1.165) is 4.88 Å².